The molecule has 0 aliphatic carbocycles. The second kappa shape index (κ2) is 7.00. The zero-order valence-corrected chi connectivity index (χ0v) is 14.9. The van der Waals surface area contributed by atoms with Crippen LogP contribution in [0.15, 0.2) is 59.4 Å². The van der Waals surface area contributed by atoms with Crippen LogP contribution in [0.1, 0.15) is 16.1 Å². The zero-order chi connectivity index (χ0) is 18.8. The van der Waals surface area contributed by atoms with E-state index in [9.17, 15) is 4.79 Å². The number of carbonyl (C=O) groups is 1. The minimum absolute atomic E-state index is 0.334. The van der Waals surface area contributed by atoms with E-state index >= 15 is 0 Å². The van der Waals surface area contributed by atoms with Crippen LogP contribution >= 0.6 is 11.6 Å². The highest BCUT2D eigenvalue weighted by molar-refractivity contribution is 6.33. The van der Waals surface area contributed by atoms with E-state index in [2.05, 4.69) is 26.0 Å². The van der Waals surface area contributed by atoms with Crippen molar-refractivity contribution in [3.05, 3.63) is 71.2 Å². The molecule has 9 heteroatoms. The van der Waals surface area contributed by atoms with Crippen molar-refractivity contribution in [2.45, 2.75) is 6.92 Å². The SMILES string of the molecule is Cc1onc(-c2ccccc2Cl)c1C(=O)Nc1ccc(-n2cnnn2)cc1. The molecule has 0 atom stereocenters. The third-order valence-electron chi connectivity index (χ3n) is 3.96. The van der Waals surface area contributed by atoms with Crippen LogP contribution in [0.2, 0.25) is 5.02 Å². The highest BCUT2D eigenvalue weighted by Gasteiger charge is 2.23. The van der Waals surface area contributed by atoms with Gasteiger partial charge in [0, 0.05) is 11.3 Å². The molecule has 8 nitrogen and oxygen atoms in total. The van der Waals surface area contributed by atoms with Gasteiger partial charge in [0.15, 0.2) is 0 Å². The molecule has 27 heavy (non-hydrogen) atoms. The Morgan fingerprint density at radius 3 is 2.63 bits per heavy atom. The number of anilines is 1. The van der Waals surface area contributed by atoms with Crippen molar-refractivity contribution in [2.24, 2.45) is 0 Å². The average Bonchev–Trinajstić information content (AvgIpc) is 3.33. The Bertz CT molecular complexity index is 1090. The van der Waals surface area contributed by atoms with E-state index in [0.29, 0.717) is 33.3 Å². The quantitative estimate of drug-likeness (QED) is 0.581. The predicted molar refractivity (Wildman–Crippen MR) is 98.8 cm³/mol. The third kappa shape index (κ3) is 3.30. The van der Waals surface area contributed by atoms with Gasteiger partial charge in [-0.2, -0.15) is 0 Å². The van der Waals surface area contributed by atoms with Crippen molar-refractivity contribution in [2.75, 3.05) is 5.32 Å². The van der Waals surface area contributed by atoms with E-state index < -0.39 is 0 Å². The second-order valence-corrected chi connectivity index (χ2v) is 6.10. The Morgan fingerprint density at radius 2 is 1.93 bits per heavy atom. The molecule has 0 saturated carbocycles. The number of halogens is 1. The Balaban J connectivity index is 1.61. The van der Waals surface area contributed by atoms with E-state index in [-0.39, 0.29) is 5.91 Å². The molecule has 0 aliphatic rings. The molecule has 0 unspecified atom stereocenters. The minimum Gasteiger partial charge on any atom is -0.360 e. The van der Waals surface area contributed by atoms with Gasteiger partial charge in [-0.15, -0.1) is 5.10 Å². The highest BCUT2D eigenvalue weighted by atomic mass is 35.5. The number of rotatable bonds is 4. The van der Waals surface area contributed by atoms with Crippen molar-refractivity contribution in [1.82, 2.24) is 25.4 Å². The molecule has 0 spiro atoms. The van der Waals surface area contributed by atoms with Gasteiger partial charge in [-0.3, -0.25) is 4.79 Å². The first-order valence-electron chi connectivity index (χ1n) is 7.99. The van der Waals surface area contributed by atoms with Gasteiger partial charge in [0.1, 0.15) is 23.3 Å². The van der Waals surface area contributed by atoms with Crippen molar-refractivity contribution in [3.8, 4) is 16.9 Å². The smallest absolute Gasteiger partial charge is 0.261 e. The third-order valence-corrected chi connectivity index (χ3v) is 4.29. The largest absolute Gasteiger partial charge is 0.360 e. The molecule has 4 aromatic rings. The molecule has 2 heterocycles. The van der Waals surface area contributed by atoms with Gasteiger partial charge in [0.25, 0.3) is 5.91 Å². The van der Waals surface area contributed by atoms with E-state index in [0.717, 1.165) is 5.69 Å². The summed E-state index contributed by atoms with van der Waals surface area (Å²) in [5, 5.41) is 18.4. The number of nitrogens with one attached hydrogen (secondary N) is 1. The summed E-state index contributed by atoms with van der Waals surface area (Å²) in [7, 11) is 0. The fourth-order valence-electron chi connectivity index (χ4n) is 2.65. The lowest BCUT2D eigenvalue weighted by Crippen LogP contribution is -2.13. The first-order valence-corrected chi connectivity index (χ1v) is 8.37. The predicted octanol–water partition coefficient (Wildman–Crippen LogP) is 3.53. The molecule has 0 aliphatic heterocycles. The normalized spacial score (nSPS) is 10.7. The lowest BCUT2D eigenvalue weighted by atomic mass is 10.1. The second-order valence-electron chi connectivity index (χ2n) is 5.70. The van der Waals surface area contributed by atoms with E-state index in [1.165, 1.54) is 11.0 Å². The highest BCUT2D eigenvalue weighted by Crippen LogP contribution is 2.31. The molecule has 1 N–H and O–H groups in total. The Labute approximate surface area is 158 Å². The summed E-state index contributed by atoms with van der Waals surface area (Å²) in [6.07, 6.45) is 1.49. The van der Waals surface area contributed by atoms with Crippen LogP contribution in [0, 0.1) is 6.92 Å². The van der Waals surface area contributed by atoms with Gasteiger partial charge in [-0.1, -0.05) is 35.0 Å². The molecular weight excluding hydrogens is 368 g/mol. The molecule has 0 fully saturated rings. The van der Waals surface area contributed by atoms with Gasteiger partial charge in [-0.25, -0.2) is 4.68 Å². The molecule has 1 amide bonds. The molecule has 2 aromatic carbocycles. The van der Waals surface area contributed by atoms with E-state index in [4.69, 9.17) is 16.1 Å². The van der Waals surface area contributed by atoms with Gasteiger partial charge >= 0.3 is 0 Å². The Kier molecular flexibility index (Phi) is 4.39. The molecule has 0 radical (unpaired) electrons. The number of tetrazole rings is 1. The lowest BCUT2D eigenvalue weighted by Gasteiger charge is -2.07. The molecule has 2 aromatic heterocycles. The van der Waals surface area contributed by atoms with Crippen molar-refractivity contribution in [3.63, 3.8) is 0 Å². The maximum Gasteiger partial charge on any atom is 0.261 e. The van der Waals surface area contributed by atoms with Crippen LogP contribution in [0.25, 0.3) is 16.9 Å². The van der Waals surface area contributed by atoms with Gasteiger partial charge < -0.3 is 9.84 Å². The van der Waals surface area contributed by atoms with E-state index in [1.807, 2.05) is 12.1 Å². The molecule has 0 bridgehead atoms. The summed E-state index contributed by atoms with van der Waals surface area (Å²) in [4.78, 5) is 12.8. The lowest BCUT2D eigenvalue weighted by molar-refractivity contribution is 0.102. The molecular formula is C18H13ClN6O2. The number of hydrogen-bond donors (Lipinski definition) is 1. The number of carbonyl (C=O) groups excluding carboxylic acids is 1. The fraction of sp³-hybridized carbons (Fsp3) is 0.0556. The fourth-order valence-corrected chi connectivity index (χ4v) is 2.87. The van der Waals surface area contributed by atoms with Gasteiger partial charge in [-0.05, 0) is 47.7 Å². The first kappa shape index (κ1) is 16.9. The number of aromatic nitrogens is 5. The van der Waals surface area contributed by atoms with Crippen molar-refractivity contribution in [1.29, 1.82) is 0 Å². The Hall–Kier alpha value is -3.52. The van der Waals surface area contributed by atoms with Gasteiger partial charge in [0.2, 0.25) is 0 Å². The first-order chi connectivity index (χ1) is 13.1. The molecule has 0 saturated heterocycles. The molecule has 134 valence electrons. The van der Waals surface area contributed by atoms with Crippen LogP contribution in [0.4, 0.5) is 5.69 Å². The number of amides is 1. The Morgan fingerprint density at radius 1 is 1.15 bits per heavy atom. The summed E-state index contributed by atoms with van der Waals surface area (Å²) < 4.78 is 6.76. The maximum atomic E-state index is 12.8. The van der Waals surface area contributed by atoms with E-state index in [1.54, 1.807) is 43.3 Å². The van der Waals surface area contributed by atoms with Crippen LogP contribution in [0.3, 0.4) is 0 Å². The summed E-state index contributed by atoms with van der Waals surface area (Å²) in [6, 6.07) is 14.3. The van der Waals surface area contributed by atoms with Crippen LogP contribution in [-0.2, 0) is 0 Å². The summed E-state index contributed by atoms with van der Waals surface area (Å²) in [6.45, 7) is 1.68. The monoisotopic (exact) mass is 380 g/mol. The maximum absolute atomic E-state index is 12.8. The van der Waals surface area contributed by atoms with Crippen LogP contribution in [0.5, 0.6) is 0 Å². The van der Waals surface area contributed by atoms with Crippen LogP contribution < -0.4 is 5.32 Å². The van der Waals surface area contributed by atoms with Crippen LogP contribution in [-0.4, -0.2) is 31.3 Å². The summed E-state index contributed by atoms with van der Waals surface area (Å²) in [5.41, 5.74) is 2.77. The van der Waals surface area contributed by atoms with Gasteiger partial charge in [0.05, 0.1) is 10.7 Å². The topological polar surface area (TPSA) is 98.7 Å². The standard InChI is InChI=1S/C18H13ClN6O2/c1-11-16(17(22-27-11)14-4-2-3-5-15(14)19)18(26)21-12-6-8-13(9-7-12)25-10-20-23-24-25/h2-10H,1H3,(H,21,26). The van der Waals surface area contributed by atoms with Crippen molar-refractivity contribution >= 4 is 23.2 Å². The van der Waals surface area contributed by atoms with Crippen molar-refractivity contribution < 1.29 is 9.32 Å². The summed E-state index contributed by atoms with van der Waals surface area (Å²) >= 11 is 6.24. The minimum atomic E-state index is -0.334. The average molecular weight is 381 g/mol. The zero-order valence-electron chi connectivity index (χ0n) is 14.1. The summed E-state index contributed by atoms with van der Waals surface area (Å²) in [5.74, 6) is 0.0755. The number of aryl methyl sites for hydroxylation is 1. The number of nitrogens with zero attached hydrogens (tertiary/aromatic N) is 5. The molecule has 4 rings (SSSR count). The number of benzene rings is 2. The number of hydrogen-bond acceptors (Lipinski definition) is 6.